The first-order valence-corrected chi connectivity index (χ1v) is 9.39. The molecular formula is C19H18BrN5O2. The highest BCUT2D eigenvalue weighted by Gasteiger charge is 2.14. The smallest absolute Gasteiger partial charge is 0.256 e. The number of nitrogens with zero attached hydrogens (tertiary/aromatic N) is 4. The van der Waals surface area contributed by atoms with Gasteiger partial charge in [-0.25, -0.2) is 0 Å². The molecule has 1 aliphatic rings. The number of hydrogen-bond acceptors (Lipinski definition) is 5. The molecule has 1 N–H and O–H groups in total. The molecule has 1 saturated heterocycles. The number of hydrogen-bond donors (Lipinski definition) is 1. The van der Waals surface area contributed by atoms with Gasteiger partial charge in [-0.1, -0.05) is 0 Å². The van der Waals surface area contributed by atoms with Crippen molar-refractivity contribution in [3.63, 3.8) is 0 Å². The second-order valence-corrected chi connectivity index (χ2v) is 6.99. The molecule has 3 aromatic rings. The molecule has 1 aromatic heterocycles. The lowest BCUT2D eigenvalue weighted by Crippen LogP contribution is -2.36. The van der Waals surface area contributed by atoms with E-state index < -0.39 is 0 Å². The van der Waals surface area contributed by atoms with E-state index in [1.165, 1.54) is 0 Å². The van der Waals surface area contributed by atoms with Crippen molar-refractivity contribution in [3.8, 4) is 5.69 Å². The normalized spacial score (nSPS) is 14.2. The Morgan fingerprint density at radius 3 is 2.37 bits per heavy atom. The van der Waals surface area contributed by atoms with Gasteiger partial charge in [-0.05, 0) is 58.4 Å². The van der Waals surface area contributed by atoms with Crippen molar-refractivity contribution in [3.05, 3.63) is 65.2 Å². The minimum atomic E-state index is -0.184. The molecular weight excluding hydrogens is 410 g/mol. The standard InChI is InChI=1S/C19H18BrN5O2/c20-18-6-5-16(25-12-21-22-13-25)11-17(18)19(26)23-14-1-3-15(4-2-14)24-7-9-27-10-8-24/h1-6,11-13H,7-10H2,(H,23,26). The van der Waals surface area contributed by atoms with E-state index in [0.29, 0.717) is 5.56 Å². The fourth-order valence-corrected chi connectivity index (χ4v) is 3.38. The van der Waals surface area contributed by atoms with Crippen LogP contribution in [-0.2, 0) is 4.74 Å². The number of amides is 1. The van der Waals surface area contributed by atoms with Gasteiger partial charge in [-0.15, -0.1) is 10.2 Å². The van der Waals surface area contributed by atoms with E-state index in [-0.39, 0.29) is 5.91 Å². The molecule has 1 aliphatic heterocycles. The lowest BCUT2D eigenvalue weighted by molar-refractivity contribution is 0.102. The van der Waals surface area contributed by atoms with Crippen LogP contribution in [0.3, 0.4) is 0 Å². The highest BCUT2D eigenvalue weighted by atomic mass is 79.9. The minimum Gasteiger partial charge on any atom is -0.378 e. The average molecular weight is 428 g/mol. The number of aromatic nitrogens is 3. The van der Waals surface area contributed by atoms with E-state index in [9.17, 15) is 4.79 Å². The third-order valence-electron chi connectivity index (χ3n) is 4.41. The van der Waals surface area contributed by atoms with E-state index in [4.69, 9.17) is 4.74 Å². The highest BCUT2D eigenvalue weighted by Crippen LogP contribution is 2.23. The molecule has 7 nitrogen and oxygen atoms in total. The molecule has 0 spiro atoms. The van der Waals surface area contributed by atoms with Crippen LogP contribution >= 0.6 is 15.9 Å². The number of benzene rings is 2. The summed E-state index contributed by atoms with van der Waals surface area (Å²) in [7, 11) is 0. The Balaban J connectivity index is 1.49. The van der Waals surface area contributed by atoms with Gasteiger partial charge < -0.3 is 15.0 Å². The first-order chi connectivity index (χ1) is 13.2. The third-order valence-corrected chi connectivity index (χ3v) is 5.10. The molecule has 1 fully saturated rings. The summed E-state index contributed by atoms with van der Waals surface area (Å²) in [5.41, 5.74) is 3.24. The molecule has 0 saturated carbocycles. The van der Waals surface area contributed by atoms with E-state index >= 15 is 0 Å². The van der Waals surface area contributed by atoms with Crippen molar-refractivity contribution in [1.29, 1.82) is 0 Å². The number of anilines is 2. The van der Waals surface area contributed by atoms with Crippen molar-refractivity contribution >= 4 is 33.2 Å². The molecule has 2 heterocycles. The summed E-state index contributed by atoms with van der Waals surface area (Å²) < 4.78 is 7.86. The monoisotopic (exact) mass is 427 g/mol. The fourth-order valence-electron chi connectivity index (χ4n) is 2.96. The maximum atomic E-state index is 12.7. The van der Waals surface area contributed by atoms with Gasteiger partial charge in [0.25, 0.3) is 5.91 Å². The molecule has 138 valence electrons. The largest absolute Gasteiger partial charge is 0.378 e. The number of carbonyl (C=O) groups excluding carboxylic acids is 1. The number of morpholine rings is 1. The van der Waals surface area contributed by atoms with Crippen LogP contribution in [0.15, 0.2) is 59.6 Å². The zero-order valence-electron chi connectivity index (χ0n) is 14.5. The first kappa shape index (κ1) is 17.7. The molecule has 27 heavy (non-hydrogen) atoms. The SMILES string of the molecule is O=C(Nc1ccc(N2CCOCC2)cc1)c1cc(-n2cnnc2)ccc1Br. The Kier molecular flexibility index (Phi) is 5.17. The summed E-state index contributed by atoms with van der Waals surface area (Å²) in [5.74, 6) is -0.184. The zero-order valence-corrected chi connectivity index (χ0v) is 16.1. The fraction of sp³-hybridized carbons (Fsp3) is 0.211. The van der Waals surface area contributed by atoms with Crippen molar-refractivity contribution in [2.24, 2.45) is 0 Å². The Hall–Kier alpha value is -2.71. The van der Waals surface area contributed by atoms with Crippen molar-refractivity contribution in [1.82, 2.24) is 14.8 Å². The van der Waals surface area contributed by atoms with Crippen LogP contribution < -0.4 is 10.2 Å². The van der Waals surface area contributed by atoms with Crippen LogP contribution in [0, 0.1) is 0 Å². The highest BCUT2D eigenvalue weighted by molar-refractivity contribution is 9.10. The second-order valence-electron chi connectivity index (χ2n) is 6.13. The van der Waals surface area contributed by atoms with E-state index in [1.807, 2.05) is 36.4 Å². The Bertz CT molecular complexity index is 922. The van der Waals surface area contributed by atoms with Crippen molar-refractivity contribution in [2.75, 3.05) is 36.5 Å². The molecule has 0 bridgehead atoms. The van der Waals surface area contributed by atoms with Crippen molar-refractivity contribution < 1.29 is 9.53 Å². The Morgan fingerprint density at radius 2 is 1.67 bits per heavy atom. The van der Waals surface area contributed by atoms with E-state index in [1.54, 1.807) is 23.3 Å². The average Bonchev–Trinajstić information content (AvgIpc) is 3.24. The lowest BCUT2D eigenvalue weighted by atomic mass is 10.1. The second kappa shape index (κ2) is 7.89. The molecule has 2 aromatic carbocycles. The van der Waals surface area contributed by atoms with Gasteiger partial charge in [0.15, 0.2) is 0 Å². The van der Waals surface area contributed by atoms with Crippen LogP contribution in [0.2, 0.25) is 0 Å². The van der Waals surface area contributed by atoms with Gasteiger partial charge in [-0.3, -0.25) is 9.36 Å². The number of carbonyl (C=O) groups is 1. The maximum Gasteiger partial charge on any atom is 0.256 e. The maximum absolute atomic E-state index is 12.7. The summed E-state index contributed by atoms with van der Waals surface area (Å²) in [6.07, 6.45) is 3.19. The first-order valence-electron chi connectivity index (χ1n) is 8.59. The summed E-state index contributed by atoms with van der Waals surface area (Å²) in [6.45, 7) is 3.26. The topological polar surface area (TPSA) is 72.3 Å². The number of ether oxygens (including phenoxy) is 1. The Labute approximate surface area is 165 Å². The summed E-state index contributed by atoms with van der Waals surface area (Å²) in [5, 5.41) is 10.5. The van der Waals surface area contributed by atoms with Gasteiger partial charge in [-0.2, -0.15) is 0 Å². The van der Waals surface area contributed by atoms with Crippen LogP contribution in [0.4, 0.5) is 11.4 Å². The van der Waals surface area contributed by atoms with Crippen LogP contribution in [0.5, 0.6) is 0 Å². The molecule has 0 aliphatic carbocycles. The van der Waals surface area contributed by atoms with Gasteiger partial charge in [0.2, 0.25) is 0 Å². The third kappa shape index (κ3) is 4.01. The predicted molar refractivity (Wildman–Crippen MR) is 106 cm³/mol. The molecule has 8 heteroatoms. The van der Waals surface area contributed by atoms with Crippen LogP contribution in [0.25, 0.3) is 5.69 Å². The molecule has 1 amide bonds. The zero-order chi connectivity index (χ0) is 18.6. The summed E-state index contributed by atoms with van der Waals surface area (Å²) >= 11 is 3.45. The molecule has 4 rings (SSSR count). The summed E-state index contributed by atoms with van der Waals surface area (Å²) in [6, 6.07) is 13.4. The number of halogens is 1. The van der Waals surface area contributed by atoms with E-state index in [0.717, 1.165) is 47.8 Å². The predicted octanol–water partition coefficient (Wildman–Crippen LogP) is 3.12. The van der Waals surface area contributed by atoms with Crippen molar-refractivity contribution in [2.45, 2.75) is 0 Å². The summed E-state index contributed by atoms with van der Waals surface area (Å²) in [4.78, 5) is 15.0. The minimum absolute atomic E-state index is 0.184. The quantitative estimate of drug-likeness (QED) is 0.692. The van der Waals surface area contributed by atoms with Gasteiger partial charge in [0, 0.05) is 34.6 Å². The van der Waals surface area contributed by atoms with Crippen LogP contribution in [-0.4, -0.2) is 47.0 Å². The lowest BCUT2D eigenvalue weighted by Gasteiger charge is -2.28. The van der Waals surface area contributed by atoms with Gasteiger partial charge in [0.1, 0.15) is 12.7 Å². The van der Waals surface area contributed by atoms with Gasteiger partial charge >= 0.3 is 0 Å². The van der Waals surface area contributed by atoms with E-state index in [2.05, 4.69) is 36.3 Å². The molecule has 0 radical (unpaired) electrons. The Morgan fingerprint density at radius 1 is 1.00 bits per heavy atom. The number of nitrogens with one attached hydrogen (secondary N) is 1. The van der Waals surface area contributed by atoms with Crippen LogP contribution in [0.1, 0.15) is 10.4 Å². The number of rotatable bonds is 4. The molecule has 0 unspecified atom stereocenters. The van der Waals surface area contributed by atoms with Gasteiger partial charge in [0.05, 0.1) is 18.8 Å². The molecule has 0 atom stereocenters.